The SMILES string of the molecule is CCOC(=O)C1CC2(CCN(c3cc(O[C@H](c4ccc(-c5ccc6sncc6c5)cc4)C(F)(F)F)nc(N)n3)CC2)CN1. The number of nitrogens with one attached hydrogen (secondary N) is 1. The summed E-state index contributed by atoms with van der Waals surface area (Å²) in [6.45, 7) is 4.03. The van der Waals surface area contributed by atoms with Gasteiger partial charge in [-0.2, -0.15) is 27.5 Å². The molecule has 226 valence electrons. The fraction of sp³-hybridized carbons (Fsp3) is 0.400. The van der Waals surface area contributed by atoms with Crippen molar-refractivity contribution in [2.24, 2.45) is 5.41 Å². The van der Waals surface area contributed by atoms with Gasteiger partial charge in [0.15, 0.2) is 0 Å². The molecule has 1 spiro atoms. The molecule has 2 fully saturated rings. The molecule has 4 heterocycles. The minimum Gasteiger partial charge on any atom is -0.465 e. The summed E-state index contributed by atoms with van der Waals surface area (Å²) in [5, 5.41) is 4.25. The number of piperidine rings is 1. The van der Waals surface area contributed by atoms with Crippen LogP contribution in [0.25, 0.3) is 21.2 Å². The number of nitrogens with two attached hydrogens (primary N) is 1. The first-order chi connectivity index (χ1) is 20.6. The van der Waals surface area contributed by atoms with E-state index in [2.05, 4.69) is 19.7 Å². The van der Waals surface area contributed by atoms with Crippen molar-refractivity contribution in [3.63, 3.8) is 0 Å². The average Bonchev–Trinajstić information content (AvgIpc) is 3.63. The minimum atomic E-state index is -4.70. The molecule has 2 aliphatic heterocycles. The molecule has 0 saturated carbocycles. The number of ether oxygens (including phenoxy) is 2. The van der Waals surface area contributed by atoms with E-state index in [1.807, 2.05) is 23.1 Å². The smallest absolute Gasteiger partial charge is 0.429 e. The summed E-state index contributed by atoms with van der Waals surface area (Å²) in [4.78, 5) is 22.4. The third-order valence-electron chi connectivity index (χ3n) is 8.22. The topological polar surface area (TPSA) is 115 Å². The number of alkyl halides is 3. The van der Waals surface area contributed by atoms with Gasteiger partial charge in [0.2, 0.25) is 17.9 Å². The molecule has 2 aromatic heterocycles. The predicted octanol–water partition coefficient (Wildman–Crippen LogP) is 5.53. The number of hydrogen-bond acceptors (Lipinski definition) is 10. The third kappa shape index (κ3) is 6.23. The molecule has 1 unspecified atom stereocenters. The van der Waals surface area contributed by atoms with E-state index in [9.17, 15) is 18.0 Å². The zero-order valence-corrected chi connectivity index (χ0v) is 24.3. The van der Waals surface area contributed by atoms with E-state index < -0.39 is 12.3 Å². The van der Waals surface area contributed by atoms with Crippen LogP contribution in [0.4, 0.5) is 24.9 Å². The number of carbonyl (C=O) groups is 1. The van der Waals surface area contributed by atoms with Gasteiger partial charge in [-0.05, 0) is 66.4 Å². The number of benzene rings is 2. The summed E-state index contributed by atoms with van der Waals surface area (Å²) >= 11 is 1.39. The van der Waals surface area contributed by atoms with Crippen molar-refractivity contribution in [3.8, 4) is 17.0 Å². The van der Waals surface area contributed by atoms with Gasteiger partial charge < -0.3 is 25.4 Å². The summed E-state index contributed by atoms with van der Waals surface area (Å²) in [7, 11) is 0. The molecule has 0 bridgehead atoms. The molecule has 2 aliphatic rings. The maximum atomic E-state index is 14.3. The highest BCUT2D eigenvalue weighted by atomic mass is 32.1. The number of nitrogen functional groups attached to an aromatic ring is 1. The van der Waals surface area contributed by atoms with Crippen LogP contribution >= 0.6 is 11.5 Å². The van der Waals surface area contributed by atoms with Crippen LogP contribution < -0.4 is 20.7 Å². The molecule has 4 aromatic rings. The van der Waals surface area contributed by atoms with Crippen LogP contribution in [0.1, 0.15) is 37.9 Å². The molecular formula is C30H31F3N6O3S. The van der Waals surface area contributed by atoms with Crippen molar-refractivity contribution in [2.45, 2.75) is 44.5 Å². The van der Waals surface area contributed by atoms with Crippen LogP contribution in [0.5, 0.6) is 5.88 Å². The van der Waals surface area contributed by atoms with Gasteiger partial charge in [0.05, 0.1) is 11.3 Å². The largest absolute Gasteiger partial charge is 0.465 e. The molecule has 2 saturated heterocycles. The minimum absolute atomic E-state index is 0.0499. The Morgan fingerprint density at radius 1 is 1.14 bits per heavy atom. The number of halogens is 3. The van der Waals surface area contributed by atoms with Crippen molar-refractivity contribution < 1.29 is 27.4 Å². The number of carbonyl (C=O) groups excluding carboxylic acids is 1. The van der Waals surface area contributed by atoms with Crippen LogP contribution in [0, 0.1) is 5.41 Å². The molecule has 6 rings (SSSR count). The first kappa shape index (κ1) is 29.1. The lowest BCUT2D eigenvalue weighted by Crippen LogP contribution is -2.41. The fourth-order valence-electron chi connectivity index (χ4n) is 5.92. The quantitative estimate of drug-likeness (QED) is 0.260. The first-order valence-corrected chi connectivity index (χ1v) is 14.9. The molecular weight excluding hydrogens is 581 g/mol. The maximum absolute atomic E-state index is 14.3. The second-order valence-corrected chi connectivity index (χ2v) is 11.9. The van der Waals surface area contributed by atoms with Crippen molar-refractivity contribution in [2.75, 3.05) is 36.9 Å². The highest BCUT2D eigenvalue weighted by Crippen LogP contribution is 2.42. The zero-order valence-electron chi connectivity index (χ0n) is 23.4. The van der Waals surface area contributed by atoms with Crippen molar-refractivity contribution in [1.29, 1.82) is 0 Å². The number of esters is 1. The summed E-state index contributed by atoms with van der Waals surface area (Å²) in [6, 6.07) is 13.0. The van der Waals surface area contributed by atoms with Gasteiger partial charge in [0, 0.05) is 42.8 Å². The van der Waals surface area contributed by atoms with Crippen LogP contribution in [-0.4, -0.2) is 58.8 Å². The normalized spacial score (nSPS) is 19.1. The summed E-state index contributed by atoms with van der Waals surface area (Å²) in [5.74, 6) is -0.264. The van der Waals surface area contributed by atoms with Gasteiger partial charge >= 0.3 is 12.1 Å². The van der Waals surface area contributed by atoms with Crippen LogP contribution in [0.3, 0.4) is 0 Å². The Kier molecular flexibility index (Phi) is 7.86. The Bertz CT molecular complexity index is 1600. The van der Waals surface area contributed by atoms with E-state index >= 15 is 0 Å². The van der Waals surface area contributed by atoms with E-state index in [-0.39, 0.29) is 34.8 Å². The predicted molar refractivity (Wildman–Crippen MR) is 158 cm³/mol. The number of anilines is 2. The zero-order chi connectivity index (χ0) is 30.2. The van der Waals surface area contributed by atoms with Crippen molar-refractivity contribution in [3.05, 3.63) is 60.3 Å². The van der Waals surface area contributed by atoms with Gasteiger partial charge in [0.25, 0.3) is 0 Å². The number of nitrogens with zero attached hydrogens (tertiary/aromatic N) is 4. The van der Waals surface area contributed by atoms with E-state index in [1.54, 1.807) is 25.3 Å². The Labute approximate surface area is 250 Å². The van der Waals surface area contributed by atoms with Gasteiger partial charge in [-0.25, -0.2) is 0 Å². The highest BCUT2D eigenvalue weighted by Gasteiger charge is 2.45. The van der Waals surface area contributed by atoms with Gasteiger partial charge in [0.1, 0.15) is 11.9 Å². The second-order valence-electron chi connectivity index (χ2n) is 11.0. The molecule has 0 amide bonds. The number of fused-ring (bicyclic) bond motifs is 1. The molecule has 0 radical (unpaired) electrons. The Morgan fingerprint density at radius 2 is 1.88 bits per heavy atom. The average molecular weight is 613 g/mol. The Morgan fingerprint density at radius 3 is 2.60 bits per heavy atom. The molecule has 13 heteroatoms. The van der Waals surface area contributed by atoms with E-state index in [0.717, 1.165) is 34.1 Å². The lowest BCUT2D eigenvalue weighted by atomic mass is 9.76. The van der Waals surface area contributed by atoms with Crippen LogP contribution in [0.15, 0.2) is 54.7 Å². The fourth-order valence-corrected chi connectivity index (χ4v) is 6.54. The number of rotatable bonds is 7. The molecule has 0 aliphatic carbocycles. The third-order valence-corrected chi connectivity index (χ3v) is 9.00. The summed E-state index contributed by atoms with van der Waals surface area (Å²) < 4.78 is 58.6. The molecule has 43 heavy (non-hydrogen) atoms. The van der Waals surface area contributed by atoms with Crippen LogP contribution in [0.2, 0.25) is 0 Å². The van der Waals surface area contributed by atoms with Gasteiger partial charge in [-0.15, -0.1) is 0 Å². The van der Waals surface area contributed by atoms with Crippen molar-refractivity contribution >= 4 is 39.4 Å². The van der Waals surface area contributed by atoms with Gasteiger partial charge in [-0.3, -0.25) is 4.79 Å². The van der Waals surface area contributed by atoms with Crippen molar-refractivity contribution in [1.82, 2.24) is 19.7 Å². The molecule has 3 N–H and O–H groups in total. The summed E-state index contributed by atoms with van der Waals surface area (Å²) in [6.07, 6.45) is -2.94. The summed E-state index contributed by atoms with van der Waals surface area (Å²) in [5.41, 5.74) is 7.48. The monoisotopic (exact) mass is 612 g/mol. The lowest BCUT2D eigenvalue weighted by Gasteiger charge is -2.39. The number of hydrogen-bond donors (Lipinski definition) is 2. The lowest BCUT2D eigenvalue weighted by molar-refractivity contribution is -0.198. The van der Waals surface area contributed by atoms with Crippen LogP contribution in [-0.2, 0) is 9.53 Å². The molecule has 2 aromatic carbocycles. The van der Waals surface area contributed by atoms with Gasteiger partial charge in [-0.1, -0.05) is 30.3 Å². The second kappa shape index (κ2) is 11.6. The molecule has 9 nitrogen and oxygen atoms in total. The highest BCUT2D eigenvalue weighted by molar-refractivity contribution is 7.13. The number of aromatic nitrogens is 3. The van der Waals surface area contributed by atoms with E-state index in [4.69, 9.17) is 15.2 Å². The van der Waals surface area contributed by atoms with E-state index in [1.165, 1.54) is 29.7 Å². The van der Waals surface area contributed by atoms with E-state index in [0.29, 0.717) is 38.5 Å². The maximum Gasteiger partial charge on any atom is 0.429 e. The molecule has 2 atom stereocenters. The standard InChI is InChI=1S/C30H31F3N6O3S/c1-2-41-27(40)22-15-29(17-35-22)9-11-39(12-10-29)24-14-25(38-28(34)37-24)42-26(30(31,32)33)19-5-3-18(4-6-19)20-7-8-23-21(13-20)16-36-43-23/h3-8,13-14,16,22,26,35H,2,9-12,15,17H2,1H3,(H2,34,37,38)/t22?,26-/m1/s1. The Hall–Kier alpha value is -3.97. The first-order valence-electron chi connectivity index (χ1n) is 14.1. The Balaban J connectivity index is 1.16.